The molecule has 2 aromatic carbocycles. The molecule has 2 aliphatic rings. The topological polar surface area (TPSA) is 125 Å². The molecule has 0 radical (unpaired) electrons. The smallest absolute Gasteiger partial charge is 0.269 e. The van der Waals surface area contributed by atoms with Gasteiger partial charge in [0, 0.05) is 29.2 Å². The van der Waals surface area contributed by atoms with E-state index in [0.29, 0.717) is 5.56 Å². The number of benzene rings is 2. The fourth-order valence-electron chi connectivity index (χ4n) is 4.12. The summed E-state index contributed by atoms with van der Waals surface area (Å²) in [7, 11) is 0. The number of hydrogen-bond donors (Lipinski definition) is 0. The summed E-state index contributed by atoms with van der Waals surface area (Å²) in [5.41, 5.74) is -2.97. The summed E-state index contributed by atoms with van der Waals surface area (Å²) in [6.45, 7) is 0. The average molecular weight is 343 g/mol. The lowest BCUT2D eigenvalue weighted by Gasteiger charge is -2.05. The Hall–Kier alpha value is -3.84. The first-order valence-electron chi connectivity index (χ1n) is 7.71. The number of fused-ring (bicyclic) bond motifs is 1. The van der Waals surface area contributed by atoms with Gasteiger partial charge in [0.15, 0.2) is 17.0 Å². The quantitative estimate of drug-likeness (QED) is 0.469. The predicted octanol–water partition coefficient (Wildman–Crippen LogP) is 2.79. The van der Waals surface area contributed by atoms with Crippen LogP contribution >= 0.6 is 0 Å². The van der Waals surface area contributed by atoms with Crippen LogP contribution in [0.2, 0.25) is 0 Å². The minimum atomic E-state index is -1.82. The van der Waals surface area contributed by atoms with Crippen LogP contribution in [-0.2, 0) is 0 Å². The van der Waals surface area contributed by atoms with Crippen molar-refractivity contribution in [1.29, 1.82) is 10.5 Å². The Morgan fingerprint density at radius 1 is 0.923 bits per heavy atom. The van der Waals surface area contributed by atoms with Crippen molar-refractivity contribution in [2.75, 3.05) is 0 Å². The Balaban J connectivity index is 1.91. The number of nitriles is 2. The molecule has 4 rings (SSSR count). The maximum atomic E-state index is 13.1. The lowest BCUT2D eigenvalue weighted by Crippen LogP contribution is -2.24. The van der Waals surface area contributed by atoms with Gasteiger partial charge in [0.1, 0.15) is 5.41 Å². The molecule has 2 aliphatic carbocycles. The first-order chi connectivity index (χ1) is 12.5. The van der Waals surface area contributed by atoms with Gasteiger partial charge in [-0.1, -0.05) is 36.4 Å². The van der Waals surface area contributed by atoms with Crippen LogP contribution < -0.4 is 0 Å². The molecule has 0 bridgehead atoms. The number of rotatable bonds is 2. The Morgan fingerprint density at radius 2 is 1.42 bits per heavy atom. The Kier molecular flexibility index (Phi) is 2.92. The number of non-ortho nitro benzene ring substituents is 1. The van der Waals surface area contributed by atoms with E-state index in [4.69, 9.17) is 0 Å². The van der Waals surface area contributed by atoms with Crippen molar-refractivity contribution in [3.05, 3.63) is 75.3 Å². The van der Waals surface area contributed by atoms with E-state index in [1.165, 1.54) is 36.4 Å². The van der Waals surface area contributed by atoms with Crippen molar-refractivity contribution in [1.82, 2.24) is 0 Å². The Labute approximate surface area is 147 Å². The highest BCUT2D eigenvalue weighted by atomic mass is 16.6. The minimum absolute atomic E-state index is 0.157. The molecule has 0 saturated heterocycles. The van der Waals surface area contributed by atoms with Crippen LogP contribution in [-0.4, -0.2) is 16.5 Å². The SMILES string of the molecule is N#CC1(C#N)C(c2ccc([N+](=O)[O-])cc2)C12C(=O)c1ccccc1C2=O. The summed E-state index contributed by atoms with van der Waals surface area (Å²) in [5, 5.41) is 30.2. The van der Waals surface area contributed by atoms with Crippen molar-refractivity contribution in [2.45, 2.75) is 5.92 Å². The van der Waals surface area contributed by atoms with Crippen molar-refractivity contribution in [3.63, 3.8) is 0 Å². The molecule has 2 aromatic rings. The molecular weight excluding hydrogens is 334 g/mol. The van der Waals surface area contributed by atoms with Gasteiger partial charge in [0.25, 0.3) is 5.69 Å². The van der Waals surface area contributed by atoms with Crippen LogP contribution in [0, 0.1) is 43.6 Å². The second kappa shape index (κ2) is 4.84. The first-order valence-corrected chi connectivity index (χ1v) is 7.71. The summed E-state index contributed by atoms with van der Waals surface area (Å²) >= 11 is 0. The summed E-state index contributed by atoms with van der Waals surface area (Å²) in [4.78, 5) is 36.4. The van der Waals surface area contributed by atoms with Crippen molar-refractivity contribution in [2.24, 2.45) is 10.8 Å². The van der Waals surface area contributed by atoms with Gasteiger partial charge in [-0.25, -0.2) is 0 Å². The number of Topliss-reactive ketones (excluding diaryl/α,β-unsaturated/α-hetero) is 2. The first kappa shape index (κ1) is 15.7. The van der Waals surface area contributed by atoms with Crippen LogP contribution in [0.3, 0.4) is 0 Å². The summed E-state index contributed by atoms with van der Waals surface area (Å²) in [5.74, 6) is -2.03. The van der Waals surface area contributed by atoms with Crippen LogP contribution in [0.25, 0.3) is 0 Å². The molecule has 124 valence electrons. The normalized spacial score (nSPS) is 20.9. The van der Waals surface area contributed by atoms with E-state index in [-0.39, 0.29) is 16.8 Å². The second-order valence-corrected chi connectivity index (χ2v) is 6.33. The molecule has 0 N–H and O–H groups in total. The number of carbonyl (C=O) groups is 2. The van der Waals surface area contributed by atoms with Crippen molar-refractivity contribution >= 4 is 17.3 Å². The fourth-order valence-corrected chi connectivity index (χ4v) is 4.12. The van der Waals surface area contributed by atoms with Gasteiger partial charge in [-0.15, -0.1) is 0 Å². The predicted molar refractivity (Wildman–Crippen MR) is 87.0 cm³/mol. The third-order valence-electron chi connectivity index (χ3n) is 5.33. The summed E-state index contributed by atoms with van der Waals surface area (Å²) < 4.78 is 0. The number of nitrogens with zero attached hydrogens (tertiary/aromatic N) is 3. The van der Waals surface area contributed by atoms with E-state index < -0.39 is 33.2 Å². The lowest BCUT2D eigenvalue weighted by molar-refractivity contribution is -0.384. The summed E-state index contributed by atoms with van der Waals surface area (Å²) in [6, 6.07) is 15.3. The van der Waals surface area contributed by atoms with E-state index in [0.717, 1.165) is 0 Å². The van der Waals surface area contributed by atoms with Gasteiger partial charge in [-0.05, 0) is 5.56 Å². The van der Waals surface area contributed by atoms with E-state index in [1.807, 2.05) is 12.1 Å². The molecule has 0 aliphatic heterocycles. The standard InChI is InChI=1S/C19H9N3O4/c20-9-18(10-21)15(11-5-7-12(8-6-11)22(25)26)19(18)16(23)13-3-1-2-4-14(13)17(19)24/h1-8,15H. The molecule has 1 fully saturated rings. The average Bonchev–Trinajstić information content (AvgIpc) is 3.24. The minimum Gasteiger partial charge on any atom is -0.293 e. The monoisotopic (exact) mass is 343 g/mol. The van der Waals surface area contributed by atoms with E-state index in [9.17, 15) is 30.2 Å². The third kappa shape index (κ3) is 1.50. The molecule has 1 spiro atoms. The molecule has 1 saturated carbocycles. The van der Waals surface area contributed by atoms with Crippen molar-refractivity contribution < 1.29 is 14.5 Å². The summed E-state index contributed by atoms with van der Waals surface area (Å²) in [6.07, 6.45) is 0. The maximum absolute atomic E-state index is 13.1. The zero-order chi connectivity index (χ0) is 18.7. The number of nitro groups is 1. The van der Waals surface area contributed by atoms with Crippen LogP contribution in [0.5, 0.6) is 0 Å². The van der Waals surface area contributed by atoms with Crippen molar-refractivity contribution in [3.8, 4) is 12.1 Å². The van der Waals surface area contributed by atoms with Crippen LogP contribution in [0.15, 0.2) is 48.5 Å². The number of nitro benzene ring substituents is 1. The largest absolute Gasteiger partial charge is 0.293 e. The number of ketones is 2. The highest BCUT2D eigenvalue weighted by molar-refractivity contribution is 6.34. The molecule has 7 nitrogen and oxygen atoms in total. The Bertz CT molecular complexity index is 1040. The molecule has 26 heavy (non-hydrogen) atoms. The van der Waals surface area contributed by atoms with E-state index in [2.05, 4.69) is 0 Å². The molecule has 0 heterocycles. The molecule has 0 amide bonds. The van der Waals surface area contributed by atoms with Gasteiger partial charge >= 0.3 is 0 Å². The number of carbonyl (C=O) groups excluding carboxylic acids is 2. The van der Waals surface area contributed by atoms with E-state index in [1.54, 1.807) is 12.1 Å². The van der Waals surface area contributed by atoms with Gasteiger partial charge in [0.2, 0.25) is 0 Å². The fraction of sp³-hybridized carbons (Fsp3) is 0.158. The maximum Gasteiger partial charge on any atom is 0.269 e. The highest BCUT2D eigenvalue weighted by Gasteiger charge is 2.88. The third-order valence-corrected chi connectivity index (χ3v) is 5.33. The molecule has 7 heteroatoms. The second-order valence-electron chi connectivity index (χ2n) is 6.33. The van der Waals surface area contributed by atoms with Gasteiger partial charge < -0.3 is 0 Å². The van der Waals surface area contributed by atoms with Crippen LogP contribution in [0.1, 0.15) is 32.2 Å². The molecule has 1 unspecified atom stereocenters. The lowest BCUT2D eigenvalue weighted by atomic mass is 9.89. The van der Waals surface area contributed by atoms with E-state index >= 15 is 0 Å². The zero-order valence-electron chi connectivity index (χ0n) is 13.2. The Morgan fingerprint density at radius 3 is 1.85 bits per heavy atom. The van der Waals surface area contributed by atoms with Gasteiger partial charge in [-0.3, -0.25) is 19.7 Å². The molecular formula is C19H9N3O4. The molecule has 0 aromatic heterocycles. The van der Waals surface area contributed by atoms with Gasteiger partial charge in [0.05, 0.1) is 17.1 Å². The van der Waals surface area contributed by atoms with Gasteiger partial charge in [-0.2, -0.15) is 10.5 Å². The highest BCUT2D eigenvalue weighted by Crippen LogP contribution is 2.77. The zero-order valence-corrected chi connectivity index (χ0v) is 13.2. The number of hydrogen-bond acceptors (Lipinski definition) is 6. The molecule has 1 atom stereocenters. The van der Waals surface area contributed by atoms with Crippen LogP contribution in [0.4, 0.5) is 5.69 Å².